The molecule has 0 saturated heterocycles. The molecule has 86 valence electrons. The molecule has 0 fully saturated rings. The van der Waals surface area contributed by atoms with Gasteiger partial charge in [-0.15, -0.1) is 0 Å². The van der Waals surface area contributed by atoms with Gasteiger partial charge in [0.25, 0.3) is 0 Å². The van der Waals surface area contributed by atoms with Crippen LogP contribution >= 0.6 is 0 Å². The second-order valence-electron chi connectivity index (χ2n) is 4.02. The van der Waals surface area contributed by atoms with Crippen molar-refractivity contribution in [2.45, 2.75) is 13.5 Å². The number of fused-ring (bicyclic) bond motifs is 3. The van der Waals surface area contributed by atoms with Crippen LogP contribution in [0, 0.1) is 6.92 Å². The average Bonchev–Trinajstić information content (AvgIpc) is 2.72. The quantitative estimate of drug-likeness (QED) is 0.785. The number of hydrogen-bond donors (Lipinski definition) is 2. The van der Waals surface area contributed by atoms with Crippen molar-refractivity contribution < 1.29 is 14.6 Å². The predicted molar refractivity (Wildman–Crippen MR) is 60.1 cm³/mol. The number of H-pyrrole nitrogens is 1. The van der Waals surface area contributed by atoms with Crippen molar-refractivity contribution in [3.8, 4) is 17.0 Å². The van der Waals surface area contributed by atoms with E-state index < -0.39 is 5.97 Å². The number of rotatable bonds is 1. The summed E-state index contributed by atoms with van der Waals surface area (Å²) in [6, 6.07) is 5.80. The minimum atomic E-state index is -1.04. The largest absolute Gasteiger partial charge is 0.488 e. The number of carboxylic acid groups (broad SMARTS) is 1. The Hall–Kier alpha value is -2.30. The fraction of sp³-hybridized carbons (Fsp3) is 0.167. The predicted octanol–water partition coefficient (Wildman–Crippen LogP) is 1.98. The number of nitrogens with one attached hydrogen (secondary N) is 1. The van der Waals surface area contributed by atoms with Gasteiger partial charge in [0.05, 0.1) is 11.3 Å². The van der Waals surface area contributed by atoms with E-state index in [-0.39, 0.29) is 12.3 Å². The van der Waals surface area contributed by atoms with Crippen molar-refractivity contribution in [1.29, 1.82) is 0 Å². The lowest BCUT2D eigenvalue weighted by atomic mass is 10.0. The number of benzene rings is 1. The molecule has 5 heteroatoms. The van der Waals surface area contributed by atoms with E-state index in [4.69, 9.17) is 9.84 Å². The molecule has 0 bridgehead atoms. The van der Waals surface area contributed by atoms with E-state index in [1.165, 1.54) is 0 Å². The molecule has 0 amide bonds. The van der Waals surface area contributed by atoms with Crippen molar-refractivity contribution in [3.05, 3.63) is 35.0 Å². The number of nitrogens with zero attached hydrogens (tertiary/aromatic N) is 1. The highest BCUT2D eigenvalue weighted by molar-refractivity contribution is 5.90. The summed E-state index contributed by atoms with van der Waals surface area (Å²) >= 11 is 0. The van der Waals surface area contributed by atoms with Crippen molar-refractivity contribution in [3.63, 3.8) is 0 Å². The second-order valence-corrected chi connectivity index (χ2v) is 4.02. The first kappa shape index (κ1) is 9.89. The molecular formula is C12H10N2O3. The van der Waals surface area contributed by atoms with Crippen LogP contribution in [0.15, 0.2) is 18.2 Å². The number of hydrogen-bond acceptors (Lipinski definition) is 3. The first-order valence-electron chi connectivity index (χ1n) is 5.21. The zero-order chi connectivity index (χ0) is 12.0. The molecule has 0 radical (unpaired) electrons. The second kappa shape index (κ2) is 3.35. The highest BCUT2D eigenvalue weighted by atomic mass is 16.5. The van der Waals surface area contributed by atoms with E-state index in [0.717, 1.165) is 22.6 Å². The molecule has 2 heterocycles. The van der Waals surface area contributed by atoms with Crippen LogP contribution in [0.25, 0.3) is 11.3 Å². The maximum absolute atomic E-state index is 11.0. The van der Waals surface area contributed by atoms with Gasteiger partial charge in [0.2, 0.25) is 0 Å². The molecule has 2 N–H and O–H groups in total. The van der Waals surface area contributed by atoms with Crippen LogP contribution in [0.4, 0.5) is 0 Å². The lowest BCUT2D eigenvalue weighted by molar-refractivity contribution is 0.0687. The van der Waals surface area contributed by atoms with Gasteiger partial charge in [-0.3, -0.25) is 5.10 Å². The molecule has 1 aromatic heterocycles. The van der Waals surface area contributed by atoms with Crippen LogP contribution < -0.4 is 4.74 Å². The molecule has 5 nitrogen and oxygen atoms in total. The van der Waals surface area contributed by atoms with Crippen LogP contribution in [0.1, 0.15) is 21.6 Å². The number of aromatic nitrogens is 2. The first-order valence-corrected chi connectivity index (χ1v) is 5.21. The summed E-state index contributed by atoms with van der Waals surface area (Å²) in [5.41, 5.74) is 3.34. The summed E-state index contributed by atoms with van der Waals surface area (Å²) in [5, 5.41) is 15.6. The normalized spacial score (nSPS) is 12.5. The molecule has 1 aromatic carbocycles. The van der Waals surface area contributed by atoms with Crippen LogP contribution in [0.3, 0.4) is 0 Å². The van der Waals surface area contributed by atoms with Gasteiger partial charge in [-0.2, -0.15) is 5.10 Å². The Kier molecular flexibility index (Phi) is 1.95. The average molecular weight is 230 g/mol. The Morgan fingerprint density at radius 1 is 1.53 bits per heavy atom. The molecule has 2 aromatic rings. The minimum absolute atomic E-state index is 0.0344. The third-order valence-corrected chi connectivity index (χ3v) is 2.85. The van der Waals surface area contributed by atoms with Crippen molar-refractivity contribution in [2.75, 3.05) is 0 Å². The standard InChI is InChI=1S/C12H10N2O3/c1-6-2-3-9-7(4-6)10-8(5-17-9)11(12(15)16)14-13-10/h2-4H,5H2,1H3,(H,13,14)(H,15,16). The SMILES string of the molecule is Cc1ccc2c(c1)-c1[nH]nc(C(=O)O)c1CO2. The Morgan fingerprint density at radius 2 is 2.35 bits per heavy atom. The van der Waals surface area contributed by atoms with Gasteiger partial charge in [0.1, 0.15) is 12.4 Å². The van der Waals surface area contributed by atoms with Crippen LogP contribution in [0.2, 0.25) is 0 Å². The maximum atomic E-state index is 11.0. The molecule has 0 atom stereocenters. The smallest absolute Gasteiger partial charge is 0.356 e. The number of aryl methyl sites for hydroxylation is 1. The molecule has 0 saturated carbocycles. The fourth-order valence-corrected chi connectivity index (χ4v) is 2.02. The van der Waals surface area contributed by atoms with E-state index >= 15 is 0 Å². The molecule has 3 rings (SSSR count). The Bertz CT molecular complexity index is 616. The molecule has 0 unspecified atom stereocenters. The highest BCUT2D eigenvalue weighted by Gasteiger charge is 2.25. The number of carbonyl (C=O) groups is 1. The van der Waals surface area contributed by atoms with Crippen molar-refractivity contribution in [2.24, 2.45) is 0 Å². The Balaban J connectivity index is 2.23. The number of carboxylic acids is 1. The number of aromatic amines is 1. The first-order chi connectivity index (χ1) is 8.16. The summed E-state index contributed by atoms with van der Waals surface area (Å²) in [7, 11) is 0. The van der Waals surface area contributed by atoms with Crippen LogP contribution in [-0.2, 0) is 6.61 Å². The minimum Gasteiger partial charge on any atom is -0.488 e. The molecule has 0 aliphatic carbocycles. The fourth-order valence-electron chi connectivity index (χ4n) is 2.02. The van der Waals surface area contributed by atoms with Gasteiger partial charge in [-0.05, 0) is 19.1 Å². The number of ether oxygens (including phenoxy) is 1. The topological polar surface area (TPSA) is 75.2 Å². The van der Waals surface area contributed by atoms with Gasteiger partial charge in [-0.25, -0.2) is 4.79 Å². The van der Waals surface area contributed by atoms with Gasteiger partial charge in [0.15, 0.2) is 5.69 Å². The summed E-state index contributed by atoms with van der Waals surface area (Å²) in [6.07, 6.45) is 0. The maximum Gasteiger partial charge on any atom is 0.356 e. The summed E-state index contributed by atoms with van der Waals surface area (Å²) in [5.74, 6) is -0.286. The van der Waals surface area contributed by atoms with E-state index in [2.05, 4.69) is 10.2 Å². The Labute approximate surface area is 97.0 Å². The van der Waals surface area contributed by atoms with Gasteiger partial charge in [-0.1, -0.05) is 11.6 Å². The van der Waals surface area contributed by atoms with E-state index in [1.807, 2.05) is 25.1 Å². The van der Waals surface area contributed by atoms with Crippen LogP contribution in [-0.4, -0.2) is 21.3 Å². The lowest BCUT2D eigenvalue weighted by Gasteiger charge is -2.17. The Morgan fingerprint density at radius 3 is 3.12 bits per heavy atom. The number of aromatic carboxylic acids is 1. The molecule has 0 spiro atoms. The van der Waals surface area contributed by atoms with Crippen molar-refractivity contribution in [1.82, 2.24) is 10.2 Å². The molecular weight excluding hydrogens is 220 g/mol. The monoisotopic (exact) mass is 230 g/mol. The van der Waals surface area contributed by atoms with Crippen molar-refractivity contribution >= 4 is 5.97 Å². The zero-order valence-electron chi connectivity index (χ0n) is 9.15. The summed E-state index contributed by atoms with van der Waals surface area (Å²) < 4.78 is 5.53. The van der Waals surface area contributed by atoms with Gasteiger partial charge < -0.3 is 9.84 Å². The summed E-state index contributed by atoms with van der Waals surface area (Å²) in [6.45, 7) is 2.21. The molecule has 1 aliphatic rings. The molecule has 17 heavy (non-hydrogen) atoms. The highest BCUT2D eigenvalue weighted by Crippen LogP contribution is 2.37. The third-order valence-electron chi connectivity index (χ3n) is 2.85. The van der Waals surface area contributed by atoms with E-state index in [0.29, 0.717) is 5.56 Å². The zero-order valence-corrected chi connectivity index (χ0v) is 9.15. The third kappa shape index (κ3) is 1.39. The van der Waals surface area contributed by atoms with E-state index in [9.17, 15) is 4.79 Å². The van der Waals surface area contributed by atoms with Gasteiger partial charge >= 0.3 is 5.97 Å². The molecule has 1 aliphatic heterocycles. The van der Waals surface area contributed by atoms with Crippen LogP contribution in [0.5, 0.6) is 5.75 Å². The van der Waals surface area contributed by atoms with E-state index in [1.54, 1.807) is 0 Å². The summed E-state index contributed by atoms with van der Waals surface area (Å²) in [4.78, 5) is 11.0. The van der Waals surface area contributed by atoms with Gasteiger partial charge in [0, 0.05) is 5.56 Å². The lowest BCUT2D eigenvalue weighted by Crippen LogP contribution is -2.09.